The molecule has 5 saturated carbocycles. The first-order chi connectivity index (χ1) is 14.3. The number of amides is 2. The number of nitrogens with one attached hydrogen (secondary N) is 2. The number of fused-ring (bicyclic) bond motifs is 7. The molecule has 0 unspecified atom stereocenters. The molecule has 0 aromatic heterocycles. The van der Waals surface area contributed by atoms with Gasteiger partial charge in [0.15, 0.2) is 0 Å². The van der Waals surface area contributed by atoms with Gasteiger partial charge in [-0.3, -0.25) is 9.59 Å². The average Bonchev–Trinajstić information content (AvgIpc) is 3.40. The van der Waals surface area contributed by atoms with Crippen molar-refractivity contribution in [2.75, 3.05) is 0 Å². The van der Waals surface area contributed by atoms with Crippen molar-refractivity contribution >= 4 is 11.8 Å². The summed E-state index contributed by atoms with van der Waals surface area (Å²) in [6.45, 7) is 4.82. The summed E-state index contributed by atoms with van der Waals surface area (Å²) in [5.74, 6) is 3.52. The molecule has 164 valence electrons. The van der Waals surface area contributed by atoms with Crippen molar-refractivity contribution in [3.63, 3.8) is 0 Å². The minimum Gasteiger partial charge on any atom is -0.350 e. The Kier molecular flexibility index (Phi) is 4.10. The maximum Gasteiger partial charge on any atom is 0.243 e. The molecule has 2 bridgehead atoms. The molecule has 2 N–H and O–H groups in total. The maximum absolute atomic E-state index is 13.6. The van der Waals surface area contributed by atoms with Crippen LogP contribution in [0.3, 0.4) is 0 Å². The van der Waals surface area contributed by atoms with Crippen LogP contribution in [0.25, 0.3) is 0 Å². The van der Waals surface area contributed by atoms with Crippen molar-refractivity contribution in [3.8, 4) is 0 Å². The lowest BCUT2D eigenvalue weighted by Gasteiger charge is -2.58. The van der Waals surface area contributed by atoms with E-state index in [4.69, 9.17) is 0 Å². The van der Waals surface area contributed by atoms with Crippen LogP contribution in [0, 0.1) is 40.4 Å². The van der Waals surface area contributed by atoms with Gasteiger partial charge in [-0.25, -0.2) is 0 Å². The van der Waals surface area contributed by atoms with E-state index in [1.807, 2.05) is 0 Å². The third-order valence-electron chi connectivity index (χ3n) is 11.1. The van der Waals surface area contributed by atoms with Gasteiger partial charge in [-0.15, -0.1) is 0 Å². The van der Waals surface area contributed by atoms with Crippen molar-refractivity contribution in [2.24, 2.45) is 40.4 Å². The molecule has 5 aliphatic carbocycles. The van der Waals surface area contributed by atoms with Gasteiger partial charge in [0, 0.05) is 22.9 Å². The lowest BCUT2D eigenvalue weighted by atomic mass is 9.48. The number of rotatable bonds is 2. The molecular formula is C26H38N2O2. The zero-order chi connectivity index (χ0) is 20.7. The van der Waals surface area contributed by atoms with E-state index in [9.17, 15) is 9.59 Å². The SMILES string of the molecule is C[C@]12C=CC(=O)N[C@@H]1CC[C@@H]1[C@@H]2CC[C@]2(C)[C@H](C(=O)NC34CCC(CC3)C4)CC[C@@H]12. The molecule has 6 aliphatic rings. The Morgan fingerprint density at radius 1 is 1.00 bits per heavy atom. The van der Waals surface area contributed by atoms with Gasteiger partial charge in [0.25, 0.3) is 0 Å². The summed E-state index contributed by atoms with van der Waals surface area (Å²) in [5.41, 5.74) is 0.382. The van der Waals surface area contributed by atoms with Gasteiger partial charge in [0.1, 0.15) is 0 Å². The van der Waals surface area contributed by atoms with Crippen molar-refractivity contribution in [3.05, 3.63) is 12.2 Å². The largest absolute Gasteiger partial charge is 0.350 e. The van der Waals surface area contributed by atoms with Gasteiger partial charge >= 0.3 is 0 Å². The minimum atomic E-state index is 0.0783. The maximum atomic E-state index is 13.6. The molecule has 4 heteroatoms. The van der Waals surface area contributed by atoms with Gasteiger partial charge < -0.3 is 10.6 Å². The van der Waals surface area contributed by atoms with Crippen molar-refractivity contribution in [2.45, 2.75) is 96.1 Å². The molecule has 1 heterocycles. The minimum absolute atomic E-state index is 0.0783. The smallest absolute Gasteiger partial charge is 0.243 e. The molecule has 6 rings (SSSR count). The topological polar surface area (TPSA) is 58.2 Å². The zero-order valence-electron chi connectivity index (χ0n) is 18.7. The highest BCUT2D eigenvalue weighted by molar-refractivity contribution is 5.89. The van der Waals surface area contributed by atoms with Gasteiger partial charge in [0.2, 0.25) is 11.8 Å². The fourth-order valence-corrected chi connectivity index (χ4v) is 9.48. The lowest BCUT2D eigenvalue weighted by Crippen LogP contribution is -2.60. The van der Waals surface area contributed by atoms with E-state index in [-0.39, 0.29) is 34.2 Å². The first-order valence-corrected chi connectivity index (χ1v) is 12.6. The summed E-state index contributed by atoms with van der Waals surface area (Å²) in [6, 6.07) is 0.290. The fourth-order valence-electron chi connectivity index (χ4n) is 9.48. The van der Waals surface area contributed by atoms with Crippen molar-refractivity contribution < 1.29 is 9.59 Å². The highest BCUT2D eigenvalue weighted by Gasteiger charge is 2.61. The Hall–Kier alpha value is -1.32. The second-order valence-corrected chi connectivity index (χ2v) is 12.3. The van der Waals surface area contributed by atoms with Crippen LogP contribution >= 0.6 is 0 Å². The normalized spacial score (nSPS) is 53.6. The zero-order valence-corrected chi connectivity index (χ0v) is 18.7. The van der Waals surface area contributed by atoms with Gasteiger partial charge in [0.05, 0.1) is 0 Å². The quantitative estimate of drug-likeness (QED) is 0.711. The average molecular weight is 411 g/mol. The molecule has 0 saturated heterocycles. The highest BCUT2D eigenvalue weighted by Crippen LogP contribution is 2.65. The Balaban J connectivity index is 1.22. The van der Waals surface area contributed by atoms with Crippen LogP contribution in [0.4, 0.5) is 0 Å². The number of hydrogen-bond acceptors (Lipinski definition) is 2. The van der Waals surface area contributed by atoms with E-state index in [1.54, 1.807) is 6.08 Å². The monoisotopic (exact) mass is 410 g/mol. The van der Waals surface area contributed by atoms with Crippen LogP contribution in [0.1, 0.15) is 84.5 Å². The highest BCUT2D eigenvalue weighted by atomic mass is 16.2. The van der Waals surface area contributed by atoms with E-state index in [1.165, 1.54) is 51.4 Å². The number of carbonyl (C=O) groups is 2. The molecule has 0 aromatic carbocycles. The van der Waals surface area contributed by atoms with E-state index in [0.717, 1.165) is 25.2 Å². The second kappa shape index (κ2) is 6.36. The molecule has 4 nitrogen and oxygen atoms in total. The molecule has 2 amide bonds. The predicted molar refractivity (Wildman–Crippen MR) is 116 cm³/mol. The van der Waals surface area contributed by atoms with Crippen LogP contribution in [0.15, 0.2) is 12.2 Å². The number of hydrogen-bond donors (Lipinski definition) is 2. The van der Waals surface area contributed by atoms with Gasteiger partial charge in [-0.1, -0.05) is 19.9 Å². The molecule has 5 fully saturated rings. The van der Waals surface area contributed by atoms with Crippen LogP contribution in [0.2, 0.25) is 0 Å². The summed E-state index contributed by atoms with van der Waals surface area (Å²) >= 11 is 0. The Morgan fingerprint density at radius 2 is 1.80 bits per heavy atom. The molecule has 30 heavy (non-hydrogen) atoms. The van der Waals surface area contributed by atoms with Crippen LogP contribution in [-0.2, 0) is 9.59 Å². The third kappa shape index (κ3) is 2.57. The van der Waals surface area contributed by atoms with E-state index in [2.05, 4.69) is 30.6 Å². The summed E-state index contributed by atoms with van der Waals surface area (Å²) in [6.07, 6.45) is 17.2. The van der Waals surface area contributed by atoms with Crippen LogP contribution in [-0.4, -0.2) is 23.4 Å². The third-order valence-corrected chi connectivity index (χ3v) is 11.1. The van der Waals surface area contributed by atoms with Crippen molar-refractivity contribution in [1.29, 1.82) is 0 Å². The predicted octanol–water partition coefficient (Wildman–Crippen LogP) is 4.35. The second-order valence-electron chi connectivity index (χ2n) is 12.3. The first-order valence-electron chi connectivity index (χ1n) is 12.6. The van der Waals surface area contributed by atoms with Gasteiger partial charge in [-0.05, 0) is 106 Å². The number of carbonyl (C=O) groups excluding carboxylic acids is 2. The molecule has 0 radical (unpaired) electrons. The molecule has 7 atom stereocenters. The molecule has 1 aliphatic heterocycles. The van der Waals surface area contributed by atoms with E-state index >= 15 is 0 Å². The molecule has 0 aromatic rings. The van der Waals surface area contributed by atoms with Gasteiger partial charge in [-0.2, -0.15) is 0 Å². The Morgan fingerprint density at radius 3 is 2.53 bits per heavy atom. The summed E-state index contributed by atoms with van der Waals surface area (Å²) < 4.78 is 0. The van der Waals surface area contributed by atoms with Crippen LogP contribution in [0.5, 0.6) is 0 Å². The Bertz CT molecular complexity index is 797. The fraction of sp³-hybridized carbons (Fsp3) is 0.846. The first kappa shape index (κ1) is 19.4. The van der Waals surface area contributed by atoms with E-state index < -0.39 is 0 Å². The molecular weight excluding hydrogens is 372 g/mol. The molecule has 0 spiro atoms. The van der Waals surface area contributed by atoms with Crippen LogP contribution < -0.4 is 10.6 Å². The summed E-state index contributed by atoms with van der Waals surface area (Å²) in [4.78, 5) is 25.5. The lowest BCUT2D eigenvalue weighted by molar-refractivity contribution is -0.135. The van der Waals surface area contributed by atoms with Crippen molar-refractivity contribution in [1.82, 2.24) is 10.6 Å². The Labute approximate surface area is 181 Å². The standard InChI is InChI=1S/C26H38N2O2/c1-24-11-9-19-17(3-6-21-25(19,2)12-10-22(29)27-21)18(24)4-5-20(24)23(30)28-26-13-7-16(15-26)8-14-26/h10,12,16-21H,3-9,11,13-15H2,1-2H3,(H,27,29)(H,28,30)/t16?,17-,18-,19-,20-,21+,24-,25+,26?/m0/s1. The summed E-state index contributed by atoms with van der Waals surface area (Å²) in [5, 5.41) is 6.87. The summed E-state index contributed by atoms with van der Waals surface area (Å²) in [7, 11) is 0. The van der Waals surface area contributed by atoms with E-state index in [0.29, 0.717) is 23.7 Å².